The fraction of sp³-hybridized carbons (Fsp3) is 0.647. The van der Waals surface area contributed by atoms with Crippen LogP contribution in [0.25, 0.3) is 0 Å². The van der Waals surface area contributed by atoms with Crippen molar-refractivity contribution in [2.75, 3.05) is 19.7 Å². The predicted octanol–water partition coefficient (Wildman–Crippen LogP) is 0.662. The molecular weight excluding hydrogens is 310 g/mol. The Morgan fingerprint density at radius 1 is 1.42 bits per heavy atom. The van der Waals surface area contributed by atoms with Gasteiger partial charge in [0.2, 0.25) is 5.91 Å². The molecule has 1 aliphatic rings. The highest BCUT2D eigenvalue weighted by Crippen LogP contribution is 2.22. The Hall–Kier alpha value is -1.86. The summed E-state index contributed by atoms with van der Waals surface area (Å²) in [6.07, 6.45) is 2.94. The van der Waals surface area contributed by atoms with E-state index in [1.54, 1.807) is 20.0 Å². The molecule has 7 heteroatoms. The van der Waals surface area contributed by atoms with Crippen LogP contribution < -0.4 is 10.6 Å². The third-order valence-electron chi connectivity index (χ3n) is 4.63. The highest BCUT2D eigenvalue weighted by Gasteiger charge is 2.36. The number of carbonyl (C=O) groups excluding carboxylic acids is 2. The maximum Gasteiger partial charge on any atom is 0.340 e. The average molecular weight is 337 g/mol. The molecule has 2 heterocycles. The molecule has 1 unspecified atom stereocenters. The van der Waals surface area contributed by atoms with Gasteiger partial charge in [0.25, 0.3) is 0 Å². The Bertz CT molecular complexity index is 591. The molecule has 0 saturated carbocycles. The van der Waals surface area contributed by atoms with Crippen molar-refractivity contribution < 1.29 is 19.4 Å². The van der Waals surface area contributed by atoms with Crippen LogP contribution in [0, 0.1) is 6.92 Å². The number of rotatable bonds is 6. The lowest BCUT2D eigenvalue weighted by Gasteiger charge is -2.38. The first-order valence-electron chi connectivity index (χ1n) is 8.44. The molecule has 0 spiro atoms. The van der Waals surface area contributed by atoms with Crippen LogP contribution in [-0.2, 0) is 16.0 Å². The summed E-state index contributed by atoms with van der Waals surface area (Å²) < 4.78 is 5.04. The van der Waals surface area contributed by atoms with E-state index in [0.29, 0.717) is 24.1 Å². The number of H-pyrrole nitrogens is 1. The predicted molar refractivity (Wildman–Crippen MR) is 89.8 cm³/mol. The van der Waals surface area contributed by atoms with E-state index >= 15 is 0 Å². The summed E-state index contributed by atoms with van der Waals surface area (Å²) in [4.78, 5) is 27.3. The molecule has 1 fully saturated rings. The second-order valence-electron chi connectivity index (χ2n) is 6.37. The number of carbonyl (C=O) groups is 2. The Labute approximate surface area is 142 Å². The van der Waals surface area contributed by atoms with E-state index in [0.717, 1.165) is 18.7 Å². The minimum atomic E-state index is -0.892. The Morgan fingerprint density at radius 3 is 2.71 bits per heavy atom. The van der Waals surface area contributed by atoms with Gasteiger partial charge in [0.05, 0.1) is 30.2 Å². The standard InChI is InChI=1S/C17H27N3O4/c1-4-24-16(22)15-11(2)10-19-13(15)9-14(21)20-12(3)17(23)5-7-18-8-6-17/h10,12,18-19,23H,4-9H2,1-3H3,(H,20,21). The Kier molecular flexibility index (Phi) is 6.01. The maximum atomic E-state index is 12.3. The maximum absolute atomic E-state index is 12.3. The summed E-state index contributed by atoms with van der Waals surface area (Å²) in [5.41, 5.74) is 0.811. The van der Waals surface area contributed by atoms with Crippen molar-refractivity contribution in [3.8, 4) is 0 Å². The molecule has 0 radical (unpaired) electrons. The fourth-order valence-corrected chi connectivity index (χ4v) is 3.08. The molecule has 7 nitrogen and oxygen atoms in total. The summed E-state index contributed by atoms with van der Waals surface area (Å²) >= 11 is 0. The highest BCUT2D eigenvalue weighted by molar-refractivity contribution is 5.94. The molecule has 0 aromatic carbocycles. The minimum Gasteiger partial charge on any atom is -0.462 e. The van der Waals surface area contributed by atoms with E-state index in [1.807, 2.05) is 6.92 Å². The topological polar surface area (TPSA) is 103 Å². The number of nitrogens with one attached hydrogen (secondary N) is 3. The SMILES string of the molecule is CCOC(=O)c1c(C)c[nH]c1CC(=O)NC(C)C1(O)CCNCC1. The molecule has 1 atom stereocenters. The summed E-state index contributed by atoms with van der Waals surface area (Å²) in [7, 11) is 0. The average Bonchev–Trinajstić information content (AvgIpc) is 2.88. The molecule has 4 N–H and O–H groups in total. The van der Waals surface area contributed by atoms with E-state index in [1.165, 1.54) is 0 Å². The summed E-state index contributed by atoms with van der Waals surface area (Å²) in [6, 6.07) is -0.353. The van der Waals surface area contributed by atoms with E-state index in [2.05, 4.69) is 15.6 Å². The minimum absolute atomic E-state index is 0.0423. The first-order valence-corrected chi connectivity index (χ1v) is 8.44. The molecule has 24 heavy (non-hydrogen) atoms. The molecule has 134 valence electrons. The first-order chi connectivity index (χ1) is 11.4. The quantitative estimate of drug-likeness (QED) is 0.571. The number of hydrogen-bond acceptors (Lipinski definition) is 5. The van der Waals surface area contributed by atoms with Crippen LogP contribution >= 0.6 is 0 Å². The number of esters is 1. The zero-order valence-electron chi connectivity index (χ0n) is 14.6. The van der Waals surface area contributed by atoms with Crippen LogP contribution in [0.1, 0.15) is 48.3 Å². The molecule has 0 bridgehead atoms. The normalized spacial score (nSPS) is 18.0. The molecule has 1 saturated heterocycles. The van der Waals surface area contributed by atoms with Gasteiger partial charge in [0.15, 0.2) is 0 Å². The van der Waals surface area contributed by atoms with Crippen LogP contribution in [0.15, 0.2) is 6.20 Å². The van der Waals surface area contributed by atoms with Gasteiger partial charge in [0, 0.05) is 11.9 Å². The van der Waals surface area contributed by atoms with Gasteiger partial charge in [-0.1, -0.05) is 0 Å². The number of aromatic amines is 1. The second kappa shape index (κ2) is 7.81. The molecule has 1 aromatic rings. The van der Waals surface area contributed by atoms with Gasteiger partial charge >= 0.3 is 5.97 Å². The van der Waals surface area contributed by atoms with Crippen LogP contribution in [0.2, 0.25) is 0 Å². The fourth-order valence-electron chi connectivity index (χ4n) is 3.08. The van der Waals surface area contributed by atoms with E-state index in [-0.39, 0.29) is 25.0 Å². The van der Waals surface area contributed by atoms with Gasteiger partial charge in [-0.25, -0.2) is 4.79 Å². The first kappa shape index (κ1) is 18.5. The number of aliphatic hydroxyl groups is 1. The zero-order chi connectivity index (χ0) is 17.7. The van der Waals surface area contributed by atoms with Crippen molar-refractivity contribution in [1.82, 2.24) is 15.6 Å². The summed E-state index contributed by atoms with van der Waals surface area (Å²) in [5.74, 6) is -0.661. The number of amides is 1. The van der Waals surface area contributed by atoms with Gasteiger partial charge in [-0.05, 0) is 52.3 Å². The molecule has 1 aromatic heterocycles. The third kappa shape index (κ3) is 4.15. The second-order valence-corrected chi connectivity index (χ2v) is 6.37. The summed E-state index contributed by atoms with van der Waals surface area (Å²) in [5, 5.41) is 16.7. The van der Waals surface area contributed by atoms with Crippen molar-refractivity contribution in [1.29, 1.82) is 0 Å². The molecule has 2 rings (SSSR count). The number of hydrogen-bond donors (Lipinski definition) is 4. The molecule has 1 aliphatic heterocycles. The lowest BCUT2D eigenvalue weighted by Crippen LogP contribution is -2.56. The molecule has 0 aliphatic carbocycles. The van der Waals surface area contributed by atoms with Crippen molar-refractivity contribution in [3.05, 3.63) is 23.0 Å². The van der Waals surface area contributed by atoms with Gasteiger partial charge < -0.3 is 25.5 Å². The number of aryl methyl sites for hydroxylation is 1. The zero-order valence-corrected chi connectivity index (χ0v) is 14.6. The van der Waals surface area contributed by atoms with Crippen molar-refractivity contribution >= 4 is 11.9 Å². The van der Waals surface area contributed by atoms with Gasteiger partial charge in [0.1, 0.15) is 0 Å². The Morgan fingerprint density at radius 2 is 2.08 bits per heavy atom. The largest absolute Gasteiger partial charge is 0.462 e. The van der Waals surface area contributed by atoms with E-state index < -0.39 is 11.6 Å². The monoisotopic (exact) mass is 337 g/mol. The number of piperidine rings is 1. The van der Waals surface area contributed by atoms with Crippen LogP contribution in [0.5, 0.6) is 0 Å². The lowest BCUT2D eigenvalue weighted by atomic mass is 9.85. The van der Waals surface area contributed by atoms with Crippen molar-refractivity contribution in [2.24, 2.45) is 0 Å². The summed E-state index contributed by atoms with van der Waals surface area (Å²) in [6.45, 7) is 7.11. The van der Waals surface area contributed by atoms with Crippen molar-refractivity contribution in [2.45, 2.75) is 51.7 Å². The number of ether oxygens (including phenoxy) is 1. The smallest absolute Gasteiger partial charge is 0.340 e. The highest BCUT2D eigenvalue weighted by atomic mass is 16.5. The van der Waals surface area contributed by atoms with Crippen molar-refractivity contribution in [3.63, 3.8) is 0 Å². The number of aromatic nitrogens is 1. The molecular formula is C17H27N3O4. The Balaban J connectivity index is 2.01. The van der Waals surface area contributed by atoms with Gasteiger partial charge in [-0.15, -0.1) is 0 Å². The van der Waals surface area contributed by atoms with Gasteiger partial charge in [-0.2, -0.15) is 0 Å². The van der Waals surface area contributed by atoms with Crippen LogP contribution in [0.3, 0.4) is 0 Å². The van der Waals surface area contributed by atoms with Gasteiger partial charge in [-0.3, -0.25) is 4.79 Å². The molecule has 1 amide bonds. The van der Waals surface area contributed by atoms with E-state index in [4.69, 9.17) is 4.74 Å². The lowest BCUT2D eigenvalue weighted by molar-refractivity contribution is -0.124. The van der Waals surface area contributed by atoms with E-state index in [9.17, 15) is 14.7 Å². The third-order valence-corrected chi connectivity index (χ3v) is 4.63. The van der Waals surface area contributed by atoms with Crippen LogP contribution in [0.4, 0.5) is 0 Å². The van der Waals surface area contributed by atoms with Crippen LogP contribution in [-0.4, -0.2) is 53.3 Å².